The smallest absolute Gasteiger partial charge is 0.216 e. The molecule has 0 amide bonds. The van der Waals surface area contributed by atoms with Crippen LogP contribution < -0.4 is 4.74 Å². The zero-order chi connectivity index (χ0) is 13.0. The Balaban J connectivity index is 2.24. The van der Waals surface area contributed by atoms with Crippen LogP contribution in [0.5, 0.6) is 5.88 Å². The molecule has 0 bridgehead atoms. The van der Waals surface area contributed by atoms with Crippen molar-refractivity contribution in [3.63, 3.8) is 0 Å². The van der Waals surface area contributed by atoms with Crippen LogP contribution in [0.1, 0.15) is 12.0 Å². The van der Waals surface area contributed by atoms with Crippen molar-refractivity contribution in [2.45, 2.75) is 12.8 Å². The first-order chi connectivity index (χ1) is 8.70. The average molecular weight is 244 g/mol. The molecule has 1 aromatic carbocycles. The van der Waals surface area contributed by atoms with Crippen LogP contribution in [0.3, 0.4) is 0 Å². The van der Waals surface area contributed by atoms with Crippen molar-refractivity contribution in [2.75, 3.05) is 27.7 Å². The molecule has 3 heteroatoms. The molecule has 3 nitrogen and oxygen atoms in total. The number of hydrogen-bond donors (Lipinski definition) is 0. The van der Waals surface area contributed by atoms with Gasteiger partial charge in [0.05, 0.1) is 12.6 Å². The monoisotopic (exact) mass is 244 g/mol. The molecule has 0 aliphatic heterocycles. The molecule has 0 unspecified atom stereocenters. The Bertz CT molecular complexity index is 523. The van der Waals surface area contributed by atoms with E-state index in [-0.39, 0.29) is 0 Å². The topological polar surface area (TPSA) is 25.4 Å². The number of pyridine rings is 1. The van der Waals surface area contributed by atoms with Gasteiger partial charge in [-0.15, -0.1) is 0 Å². The number of aryl methyl sites for hydroxylation is 1. The van der Waals surface area contributed by atoms with Gasteiger partial charge in [-0.05, 0) is 45.6 Å². The van der Waals surface area contributed by atoms with Crippen LogP contribution in [0.25, 0.3) is 10.9 Å². The molecule has 0 radical (unpaired) electrons. The van der Waals surface area contributed by atoms with Gasteiger partial charge < -0.3 is 9.64 Å². The highest BCUT2D eigenvalue weighted by atomic mass is 16.5. The number of nitrogens with zero attached hydrogens (tertiary/aromatic N) is 2. The predicted molar refractivity (Wildman–Crippen MR) is 75.2 cm³/mol. The third-order valence-electron chi connectivity index (χ3n) is 3.01. The van der Waals surface area contributed by atoms with E-state index in [9.17, 15) is 0 Å². The second-order valence-electron chi connectivity index (χ2n) is 4.76. The van der Waals surface area contributed by atoms with Crippen molar-refractivity contribution in [3.8, 4) is 5.88 Å². The van der Waals surface area contributed by atoms with E-state index in [0.29, 0.717) is 0 Å². The van der Waals surface area contributed by atoms with Crippen molar-refractivity contribution in [1.29, 1.82) is 0 Å². The van der Waals surface area contributed by atoms with Crippen molar-refractivity contribution >= 4 is 10.9 Å². The summed E-state index contributed by atoms with van der Waals surface area (Å²) in [4.78, 5) is 6.75. The number of benzene rings is 1. The largest absolute Gasteiger partial charge is 0.481 e. The maximum atomic E-state index is 5.39. The molecule has 96 valence electrons. The minimum atomic E-state index is 0.757. The summed E-state index contributed by atoms with van der Waals surface area (Å²) in [5.41, 5.74) is 2.18. The Morgan fingerprint density at radius 3 is 2.72 bits per heavy atom. The summed E-state index contributed by atoms with van der Waals surface area (Å²) in [6.45, 7) is 1.08. The molecule has 1 aromatic heterocycles. The third-order valence-corrected chi connectivity index (χ3v) is 3.01. The molecule has 0 aliphatic carbocycles. The molecule has 0 fully saturated rings. The minimum absolute atomic E-state index is 0.757. The maximum absolute atomic E-state index is 5.39. The van der Waals surface area contributed by atoms with Gasteiger partial charge in [0.1, 0.15) is 0 Å². The molecule has 1 heterocycles. The van der Waals surface area contributed by atoms with Crippen molar-refractivity contribution in [2.24, 2.45) is 0 Å². The van der Waals surface area contributed by atoms with Crippen LogP contribution >= 0.6 is 0 Å². The predicted octanol–water partition coefficient (Wildman–Crippen LogP) is 2.74. The molecular formula is C15H20N2O. The maximum Gasteiger partial charge on any atom is 0.216 e. The highest BCUT2D eigenvalue weighted by Crippen LogP contribution is 2.23. The summed E-state index contributed by atoms with van der Waals surface area (Å²) < 4.78 is 5.39. The van der Waals surface area contributed by atoms with Crippen LogP contribution in [0.15, 0.2) is 30.3 Å². The van der Waals surface area contributed by atoms with Crippen molar-refractivity contribution in [3.05, 3.63) is 35.9 Å². The first-order valence-corrected chi connectivity index (χ1v) is 6.28. The lowest BCUT2D eigenvalue weighted by Gasteiger charge is -2.11. The summed E-state index contributed by atoms with van der Waals surface area (Å²) >= 11 is 0. The van der Waals surface area contributed by atoms with Gasteiger partial charge in [-0.3, -0.25) is 0 Å². The molecule has 0 atom stereocenters. The second kappa shape index (κ2) is 5.83. The number of hydrogen-bond acceptors (Lipinski definition) is 3. The summed E-state index contributed by atoms with van der Waals surface area (Å²) in [6.07, 6.45) is 2.11. The van der Waals surface area contributed by atoms with Gasteiger partial charge in [0, 0.05) is 10.9 Å². The Hall–Kier alpha value is -1.61. The van der Waals surface area contributed by atoms with E-state index >= 15 is 0 Å². The number of aromatic nitrogens is 1. The number of ether oxygens (including phenoxy) is 1. The Kier molecular flexibility index (Phi) is 4.15. The number of fused-ring (bicyclic) bond motifs is 1. The van der Waals surface area contributed by atoms with Crippen LogP contribution in [0.4, 0.5) is 0 Å². The van der Waals surface area contributed by atoms with E-state index in [4.69, 9.17) is 4.74 Å². The Morgan fingerprint density at radius 2 is 2.00 bits per heavy atom. The summed E-state index contributed by atoms with van der Waals surface area (Å²) in [6, 6.07) is 10.3. The highest BCUT2D eigenvalue weighted by Gasteiger charge is 2.07. The Morgan fingerprint density at radius 1 is 1.22 bits per heavy atom. The van der Waals surface area contributed by atoms with Gasteiger partial charge >= 0.3 is 0 Å². The van der Waals surface area contributed by atoms with E-state index in [1.54, 1.807) is 7.11 Å². The fraction of sp³-hybridized carbons (Fsp3) is 0.400. The summed E-state index contributed by atoms with van der Waals surface area (Å²) in [7, 11) is 5.87. The van der Waals surface area contributed by atoms with Crippen LogP contribution in [-0.2, 0) is 6.42 Å². The molecule has 0 aliphatic rings. The van der Waals surface area contributed by atoms with Gasteiger partial charge in [-0.1, -0.05) is 18.2 Å². The fourth-order valence-electron chi connectivity index (χ4n) is 2.08. The quantitative estimate of drug-likeness (QED) is 0.808. The third kappa shape index (κ3) is 2.99. The van der Waals surface area contributed by atoms with Crippen LogP contribution in [0, 0.1) is 0 Å². The molecular weight excluding hydrogens is 224 g/mol. The molecule has 18 heavy (non-hydrogen) atoms. The lowest BCUT2D eigenvalue weighted by Crippen LogP contribution is -2.13. The van der Waals surface area contributed by atoms with E-state index in [1.165, 1.54) is 10.9 Å². The Labute approximate surface area is 108 Å². The lowest BCUT2D eigenvalue weighted by atomic mass is 10.1. The first-order valence-electron chi connectivity index (χ1n) is 6.28. The first kappa shape index (κ1) is 12.8. The van der Waals surface area contributed by atoms with Gasteiger partial charge in [0.25, 0.3) is 0 Å². The fourth-order valence-corrected chi connectivity index (χ4v) is 2.08. The van der Waals surface area contributed by atoms with Gasteiger partial charge in [-0.2, -0.15) is 0 Å². The minimum Gasteiger partial charge on any atom is -0.481 e. The zero-order valence-corrected chi connectivity index (χ0v) is 11.3. The summed E-state index contributed by atoms with van der Waals surface area (Å²) in [5, 5.41) is 1.18. The van der Waals surface area contributed by atoms with E-state index in [0.717, 1.165) is 30.8 Å². The molecule has 0 saturated heterocycles. The molecule has 0 N–H and O–H groups in total. The van der Waals surface area contributed by atoms with Gasteiger partial charge in [0.2, 0.25) is 5.88 Å². The number of rotatable bonds is 5. The van der Waals surface area contributed by atoms with Crippen LogP contribution in [-0.4, -0.2) is 37.6 Å². The number of para-hydroxylation sites is 1. The highest BCUT2D eigenvalue weighted by molar-refractivity contribution is 5.80. The van der Waals surface area contributed by atoms with E-state index in [1.807, 2.05) is 18.2 Å². The van der Waals surface area contributed by atoms with Gasteiger partial charge in [0.15, 0.2) is 0 Å². The standard InChI is InChI=1S/C15H20N2O/c1-17(2)10-6-8-13-11-12-7-4-5-9-14(12)16-15(13)18-3/h4-5,7,9,11H,6,8,10H2,1-3H3. The normalized spacial score (nSPS) is 11.1. The van der Waals surface area contributed by atoms with E-state index in [2.05, 4.69) is 36.1 Å². The van der Waals surface area contributed by atoms with Gasteiger partial charge in [-0.25, -0.2) is 4.98 Å². The van der Waals surface area contributed by atoms with Crippen molar-refractivity contribution < 1.29 is 4.74 Å². The molecule has 2 aromatic rings. The SMILES string of the molecule is COc1nc2ccccc2cc1CCCN(C)C. The average Bonchev–Trinajstić information content (AvgIpc) is 2.37. The molecule has 2 rings (SSSR count). The molecule has 0 spiro atoms. The van der Waals surface area contributed by atoms with Crippen LogP contribution in [0.2, 0.25) is 0 Å². The second-order valence-corrected chi connectivity index (χ2v) is 4.76. The lowest BCUT2D eigenvalue weighted by molar-refractivity contribution is 0.383. The summed E-state index contributed by atoms with van der Waals surface area (Å²) in [5.74, 6) is 0.757. The van der Waals surface area contributed by atoms with E-state index < -0.39 is 0 Å². The zero-order valence-electron chi connectivity index (χ0n) is 11.3. The molecule has 0 saturated carbocycles. The number of methoxy groups -OCH3 is 1. The van der Waals surface area contributed by atoms with Crippen molar-refractivity contribution in [1.82, 2.24) is 9.88 Å².